The van der Waals surface area contributed by atoms with Crippen LogP contribution in [0.15, 0.2) is 12.4 Å². The van der Waals surface area contributed by atoms with Gasteiger partial charge in [0.05, 0.1) is 11.3 Å². The molecule has 0 saturated heterocycles. The highest BCUT2D eigenvalue weighted by molar-refractivity contribution is 7.92. The first-order chi connectivity index (χ1) is 8.28. The molecule has 0 aromatic carbocycles. The number of hydrogen-bond acceptors (Lipinski definition) is 4. The molecule has 0 fully saturated rings. The number of hydrogen-bond donors (Lipinski definition) is 1. The Balaban J connectivity index is 2.54. The van der Waals surface area contributed by atoms with Gasteiger partial charge in [0.15, 0.2) is 9.84 Å². The van der Waals surface area contributed by atoms with Gasteiger partial charge in [0.25, 0.3) is 0 Å². The van der Waals surface area contributed by atoms with Gasteiger partial charge in [-0.25, -0.2) is 13.4 Å². The standard InChI is InChI=1S/C12H23N3O2S/c1-5-7-15-8-6-14-11(15)9-13-10-12(2,3)18(4,16)17/h6,8,13H,5,7,9-10H2,1-4H3. The third-order valence-electron chi connectivity index (χ3n) is 3.10. The van der Waals surface area contributed by atoms with E-state index in [9.17, 15) is 8.42 Å². The lowest BCUT2D eigenvalue weighted by atomic mass is 10.2. The fraction of sp³-hybridized carbons (Fsp3) is 0.750. The molecule has 0 atom stereocenters. The zero-order valence-corrected chi connectivity index (χ0v) is 12.4. The molecule has 1 aromatic heterocycles. The van der Waals surface area contributed by atoms with Gasteiger partial charge >= 0.3 is 0 Å². The van der Waals surface area contributed by atoms with E-state index < -0.39 is 14.6 Å². The summed E-state index contributed by atoms with van der Waals surface area (Å²) in [4.78, 5) is 4.27. The van der Waals surface area contributed by atoms with Crippen LogP contribution in [0, 0.1) is 0 Å². The van der Waals surface area contributed by atoms with Crippen molar-refractivity contribution in [1.29, 1.82) is 0 Å². The minimum absolute atomic E-state index is 0.421. The monoisotopic (exact) mass is 273 g/mol. The SMILES string of the molecule is CCCn1ccnc1CNCC(C)(C)S(C)(=O)=O. The number of aromatic nitrogens is 2. The highest BCUT2D eigenvalue weighted by Crippen LogP contribution is 2.13. The quantitative estimate of drug-likeness (QED) is 0.811. The Labute approximate surface area is 110 Å². The Morgan fingerprint density at radius 2 is 2.11 bits per heavy atom. The minimum atomic E-state index is -3.05. The third-order valence-corrected chi connectivity index (χ3v) is 5.26. The van der Waals surface area contributed by atoms with Gasteiger partial charge < -0.3 is 9.88 Å². The molecule has 18 heavy (non-hydrogen) atoms. The first-order valence-electron chi connectivity index (χ1n) is 6.18. The zero-order valence-electron chi connectivity index (χ0n) is 11.6. The summed E-state index contributed by atoms with van der Waals surface area (Å²) in [5.41, 5.74) is 0. The number of rotatable bonds is 7. The molecular weight excluding hydrogens is 250 g/mol. The molecule has 0 aliphatic rings. The van der Waals surface area contributed by atoms with Crippen molar-refractivity contribution < 1.29 is 8.42 Å². The summed E-state index contributed by atoms with van der Waals surface area (Å²) in [6, 6.07) is 0. The average Bonchev–Trinajstić information content (AvgIpc) is 2.64. The second-order valence-corrected chi connectivity index (χ2v) is 7.82. The lowest BCUT2D eigenvalue weighted by Gasteiger charge is -2.22. The second kappa shape index (κ2) is 5.84. The van der Waals surface area contributed by atoms with Gasteiger partial charge in [-0.3, -0.25) is 0 Å². The molecule has 104 valence electrons. The van der Waals surface area contributed by atoms with E-state index in [4.69, 9.17) is 0 Å². The Bertz CT molecular complexity index is 477. The van der Waals surface area contributed by atoms with Gasteiger partial charge in [0.1, 0.15) is 5.82 Å². The molecule has 0 amide bonds. The van der Waals surface area contributed by atoms with E-state index in [-0.39, 0.29) is 0 Å². The van der Waals surface area contributed by atoms with Crippen LogP contribution in [0.1, 0.15) is 33.0 Å². The maximum absolute atomic E-state index is 11.6. The van der Waals surface area contributed by atoms with Crippen LogP contribution >= 0.6 is 0 Å². The third kappa shape index (κ3) is 3.81. The first kappa shape index (κ1) is 15.2. The molecule has 0 aliphatic heterocycles. The van der Waals surface area contributed by atoms with E-state index in [1.54, 1.807) is 20.0 Å². The first-order valence-corrected chi connectivity index (χ1v) is 8.07. The molecule has 0 radical (unpaired) electrons. The van der Waals surface area contributed by atoms with Crippen molar-refractivity contribution in [3.8, 4) is 0 Å². The van der Waals surface area contributed by atoms with Crippen LogP contribution in [0.25, 0.3) is 0 Å². The summed E-state index contributed by atoms with van der Waals surface area (Å²) in [6.07, 6.45) is 6.04. The van der Waals surface area contributed by atoms with Gasteiger partial charge in [-0.2, -0.15) is 0 Å². The molecule has 1 N–H and O–H groups in total. The van der Waals surface area contributed by atoms with E-state index in [2.05, 4.69) is 21.8 Å². The Morgan fingerprint density at radius 1 is 1.44 bits per heavy atom. The van der Waals surface area contributed by atoms with E-state index in [1.807, 2.05) is 6.20 Å². The maximum Gasteiger partial charge on any atom is 0.153 e. The average molecular weight is 273 g/mol. The van der Waals surface area contributed by atoms with Crippen LogP contribution in [0.2, 0.25) is 0 Å². The van der Waals surface area contributed by atoms with Crippen LogP contribution in [0.3, 0.4) is 0 Å². The minimum Gasteiger partial charge on any atom is -0.334 e. The molecule has 1 rings (SSSR count). The number of imidazole rings is 1. The molecule has 0 saturated carbocycles. The summed E-state index contributed by atoms with van der Waals surface area (Å²) >= 11 is 0. The lowest BCUT2D eigenvalue weighted by Crippen LogP contribution is -2.41. The maximum atomic E-state index is 11.6. The molecular formula is C12H23N3O2S. The summed E-state index contributed by atoms with van der Waals surface area (Å²) in [5, 5.41) is 3.17. The molecule has 1 heterocycles. The van der Waals surface area contributed by atoms with Gasteiger partial charge in [0.2, 0.25) is 0 Å². The van der Waals surface area contributed by atoms with Crippen molar-refractivity contribution in [3.05, 3.63) is 18.2 Å². The number of sulfone groups is 1. The number of nitrogens with one attached hydrogen (secondary N) is 1. The molecule has 0 unspecified atom stereocenters. The van der Waals surface area contributed by atoms with Crippen molar-refractivity contribution in [3.63, 3.8) is 0 Å². The molecule has 6 heteroatoms. The Kier molecular flexibility index (Phi) is 4.92. The summed E-state index contributed by atoms with van der Waals surface area (Å²) < 4.78 is 24.4. The van der Waals surface area contributed by atoms with Gasteiger partial charge in [-0.15, -0.1) is 0 Å². The molecule has 0 bridgehead atoms. The van der Waals surface area contributed by atoms with Crippen molar-refractivity contribution in [2.45, 2.75) is 45.0 Å². The fourth-order valence-electron chi connectivity index (χ4n) is 1.56. The molecule has 1 aromatic rings. The number of aryl methyl sites for hydroxylation is 1. The topological polar surface area (TPSA) is 64.0 Å². The Hall–Kier alpha value is -0.880. The van der Waals surface area contributed by atoms with Crippen molar-refractivity contribution in [2.24, 2.45) is 0 Å². The van der Waals surface area contributed by atoms with Gasteiger partial charge in [0, 0.05) is 31.7 Å². The van der Waals surface area contributed by atoms with Gasteiger partial charge in [-0.05, 0) is 20.3 Å². The highest BCUT2D eigenvalue weighted by Gasteiger charge is 2.29. The van der Waals surface area contributed by atoms with Crippen LogP contribution < -0.4 is 5.32 Å². The van der Waals surface area contributed by atoms with Crippen LogP contribution in [-0.4, -0.2) is 35.5 Å². The van der Waals surface area contributed by atoms with Crippen LogP contribution in [-0.2, 0) is 22.9 Å². The normalized spacial score (nSPS) is 12.9. The second-order valence-electron chi connectivity index (χ2n) is 5.17. The highest BCUT2D eigenvalue weighted by atomic mass is 32.2. The fourth-order valence-corrected chi connectivity index (χ4v) is 1.92. The predicted octanol–water partition coefficient (Wildman–Crippen LogP) is 1.21. The van der Waals surface area contributed by atoms with Crippen LogP contribution in [0.4, 0.5) is 0 Å². The predicted molar refractivity (Wildman–Crippen MR) is 73.1 cm³/mol. The van der Waals surface area contributed by atoms with E-state index in [1.165, 1.54) is 6.26 Å². The Morgan fingerprint density at radius 3 is 2.67 bits per heavy atom. The van der Waals surface area contributed by atoms with Crippen LogP contribution in [0.5, 0.6) is 0 Å². The molecule has 5 nitrogen and oxygen atoms in total. The molecule has 0 aliphatic carbocycles. The number of nitrogens with zero attached hydrogens (tertiary/aromatic N) is 2. The van der Waals surface area contributed by atoms with Crippen molar-refractivity contribution >= 4 is 9.84 Å². The smallest absolute Gasteiger partial charge is 0.153 e. The summed E-state index contributed by atoms with van der Waals surface area (Å²) in [6.45, 7) is 7.52. The van der Waals surface area contributed by atoms with E-state index in [0.29, 0.717) is 13.1 Å². The summed E-state index contributed by atoms with van der Waals surface area (Å²) in [7, 11) is -3.05. The van der Waals surface area contributed by atoms with E-state index >= 15 is 0 Å². The lowest BCUT2D eigenvalue weighted by molar-refractivity contribution is 0.509. The largest absolute Gasteiger partial charge is 0.334 e. The summed E-state index contributed by atoms with van der Waals surface area (Å²) in [5.74, 6) is 0.946. The molecule has 0 spiro atoms. The van der Waals surface area contributed by atoms with Crippen molar-refractivity contribution in [1.82, 2.24) is 14.9 Å². The van der Waals surface area contributed by atoms with Crippen molar-refractivity contribution in [2.75, 3.05) is 12.8 Å². The van der Waals surface area contributed by atoms with E-state index in [0.717, 1.165) is 18.8 Å². The van der Waals surface area contributed by atoms with Gasteiger partial charge in [-0.1, -0.05) is 6.92 Å². The zero-order chi connectivity index (χ0) is 13.8.